The van der Waals surface area contributed by atoms with Crippen LogP contribution >= 0.6 is 0 Å². The van der Waals surface area contributed by atoms with Crippen LogP contribution in [0.25, 0.3) is 0 Å². The first-order chi connectivity index (χ1) is 11.2. The van der Waals surface area contributed by atoms with Gasteiger partial charge in [-0.1, -0.05) is 13.0 Å². The molecule has 1 aromatic carbocycles. The number of likely N-dealkylation sites (tertiary alicyclic amines) is 1. The third-order valence-electron chi connectivity index (χ3n) is 5.03. The normalized spacial score (nSPS) is 22.1. The van der Waals surface area contributed by atoms with Crippen LogP contribution in [0.5, 0.6) is 0 Å². The lowest BCUT2D eigenvalue weighted by Crippen LogP contribution is -2.35. The largest absolute Gasteiger partial charge is 0.370 e. The van der Waals surface area contributed by atoms with E-state index in [1.54, 1.807) is 0 Å². The van der Waals surface area contributed by atoms with Gasteiger partial charge in [0.25, 0.3) is 0 Å². The van der Waals surface area contributed by atoms with Gasteiger partial charge in [-0.15, -0.1) is 0 Å². The quantitative estimate of drug-likeness (QED) is 0.499. The molecule has 23 heavy (non-hydrogen) atoms. The second-order valence-electron chi connectivity index (χ2n) is 7.13. The molecule has 0 spiro atoms. The zero-order valence-corrected chi connectivity index (χ0v) is 14.4. The second kappa shape index (κ2) is 7.82. The first-order valence-corrected chi connectivity index (χ1v) is 9.12. The van der Waals surface area contributed by atoms with Gasteiger partial charge in [0.1, 0.15) is 0 Å². The molecule has 0 amide bonds. The minimum Gasteiger partial charge on any atom is -0.370 e. The van der Waals surface area contributed by atoms with Gasteiger partial charge in [-0.25, -0.2) is 0 Å². The first-order valence-electron chi connectivity index (χ1n) is 9.12. The summed E-state index contributed by atoms with van der Waals surface area (Å²) in [5, 5.41) is 3.23. The van der Waals surface area contributed by atoms with E-state index in [2.05, 4.69) is 40.3 Å². The van der Waals surface area contributed by atoms with Crippen molar-refractivity contribution in [1.82, 2.24) is 4.90 Å². The SMILES string of the molecule is CC1CCCN(CCCN=C(N)Nc2ccc3c(c2)CCC3)C1. The Hall–Kier alpha value is -1.55. The molecule has 1 aromatic rings. The van der Waals surface area contributed by atoms with E-state index in [-0.39, 0.29) is 0 Å². The van der Waals surface area contributed by atoms with Gasteiger partial charge in [0, 0.05) is 18.8 Å². The van der Waals surface area contributed by atoms with Crippen molar-refractivity contribution >= 4 is 11.6 Å². The fourth-order valence-electron chi connectivity index (χ4n) is 3.82. The van der Waals surface area contributed by atoms with Crippen molar-refractivity contribution in [3.63, 3.8) is 0 Å². The lowest BCUT2D eigenvalue weighted by Gasteiger charge is -2.30. The Labute approximate surface area is 140 Å². The molecule has 1 heterocycles. The van der Waals surface area contributed by atoms with Gasteiger partial charge in [0.2, 0.25) is 0 Å². The Kier molecular flexibility index (Phi) is 5.55. The predicted octanol–water partition coefficient (Wildman–Crippen LogP) is 3.02. The van der Waals surface area contributed by atoms with E-state index in [1.807, 2.05) is 0 Å². The predicted molar refractivity (Wildman–Crippen MR) is 98.0 cm³/mol. The summed E-state index contributed by atoms with van der Waals surface area (Å²) >= 11 is 0. The van der Waals surface area contributed by atoms with Crippen LogP contribution in [0.3, 0.4) is 0 Å². The standard InChI is InChI=1S/C19H30N4/c1-15-5-3-11-23(14-15)12-4-10-21-19(20)22-18-9-8-16-6-2-7-17(16)13-18/h8-9,13,15H,2-7,10-12,14H2,1H3,(H3,20,21,22). The van der Waals surface area contributed by atoms with Crippen molar-refractivity contribution in [2.45, 2.75) is 45.4 Å². The molecule has 3 N–H and O–H groups in total. The second-order valence-corrected chi connectivity index (χ2v) is 7.13. The number of aryl methyl sites for hydroxylation is 2. The minimum atomic E-state index is 0.537. The Morgan fingerprint density at radius 1 is 1.30 bits per heavy atom. The van der Waals surface area contributed by atoms with Crippen LogP contribution in [0, 0.1) is 5.92 Å². The number of hydrogen-bond donors (Lipinski definition) is 2. The number of hydrogen-bond acceptors (Lipinski definition) is 2. The molecule has 1 aliphatic carbocycles. The van der Waals surface area contributed by atoms with Crippen molar-refractivity contribution in [2.24, 2.45) is 16.6 Å². The molecule has 1 fully saturated rings. The summed E-state index contributed by atoms with van der Waals surface area (Å²) in [6.07, 6.45) is 7.49. The number of nitrogens with zero attached hydrogens (tertiary/aromatic N) is 2. The van der Waals surface area contributed by atoms with Gasteiger partial charge >= 0.3 is 0 Å². The molecule has 1 saturated heterocycles. The highest BCUT2D eigenvalue weighted by atomic mass is 15.1. The Balaban J connectivity index is 1.41. The van der Waals surface area contributed by atoms with Gasteiger partial charge in [0.05, 0.1) is 0 Å². The molecular formula is C19H30N4. The van der Waals surface area contributed by atoms with Crippen molar-refractivity contribution in [3.8, 4) is 0 Å². The number of anilines is 1. The van der Waals surface area contributed by atoms with Crippen molar-refractivity contribution < 1.29 is 0 Å². The van der Waals surface area contributed by atoms with Gasteiger partial charge < -0.3 is 16.0 Å². The number of nitrogens with one attached hydrogen (secondary N) is 1. The van der Waals surface area contributed by atoms with E-state index in [4.69, 9.17) is 5.73 Å². The smallest absolute Gasteiger partial charge is 0.193 e. The molecule has 2 aliphatic rings. The van der Waals surface area contributed by atoms with E-state index in [1.165, 1.54) is 56.3 Å². The molecule has 4 heteroatoms. The van der Waals surface area contributed by atoms with E-state index < -0.39 is 0 Å². The molecule has 4 nitrogen and oxygen atoms in total. The third-order valence-corrected chi connectivity index (χ3v) is 5.03. The highest BCUT2D eigenvalue weighted by molar-refractivity contribution is 5.92. The number of aliphatic imine (C=N–C) groups is 1. The van der Waals surface area contributed by atoms with Crippen LogP contribution < -0.4 is 11.1 Å². The summed E-state index contributed by atoms with van der Waals surface area (Å²) in [6.45, 7) is 6.78. The van der Waals surface area contributed by atoms with E-state index >= 15 is 0 Å². The fourth-order valence-corrected chi connectivity index (χ4v) is 3.82. The molecule has 0 aromatic heterocycles. The third kappa shape index (κ3) is 4.71. The van der Waals surface area contributed by atoms with Crippen LogP contribution in [-0.4, -0.2) is 37.0 Å². The van der Waals surface area contributed by atoms with Gasteiger partial charge in [-0.05, 0) is 80.8 Å². The lowest BCUT2D eigenvalue weighted by atomic mass is 10.0. The molecule has 0 bridgehead atoms. The van der Waals surface area contributed by atoms with Crippen molar-refractivity contribution in [1.29, 1.82) is 0 Å². The summed E-state index contributed by atoms with van der Waals surface area (Å²) in [5.41, 5.74) is 10.0. The lowest BCUT2D eigenvalue weighted by molar-refractivity contribution is 0.183. The molecule has 1 atom stereocenters. The number of guanidine groups is 1. The Morgan fingerprint density at radius 2 is 2.17 bits per heavy atom. The Bertz CT molecular complexity index is 552. The van der Waals surface area contributed by atoms with Crippen LogP contribution in [0.2, 0.25) is 0 Å². The van der Waals surface area contributed by atoms with Crippen LogP contribution in [0.15, 0.2) is 23.2 Å². The van der Waals surface area contributed by atoms with Crippen molar-refractivity contribution in [3.05, 3.63) is 29.3 Å². The summed E-state index contributed by atoms with van der Waals surface area (Å²) in [6, 6.07) is 6.55. The van der Waals surface area contributed by atoms with E-state index in [0.717, 1.165) is 31.1 Å². The van der Waals surface area contributed by atoms with Crippen molar-refractivity contribution in [2.75, 3.05) is 31.5 Å². The maximum Gasteiger partial charge on any atom is 0.193 e. The highest BCUT2D eigenvalue weighted by Crippen LogP contribution is 2.24. The number of rotatable bonds is 5. The summed E-state index contributed by atoms with van der Waals surface area (Å²) in [7, 11) is 0. The maximum absolute atomic E-state index is 6.02. The molecule has 0 radical (unpaired) electrons. The first kappa shape index (κ1) is 16.3. The Morgan fingerprint density at radius 3 is 3.04 bits per heavy atom. The molecule has 1 aliphatic heterocycles. The number of benzene rings is 1. The van der Waals surface area contributed by atoms with Crippen LogP contribution in [0.4, 0.5) is 5.69 Å². The molecule has 0 saturated carbocycles. The van der Waals surface area contributed by atoms with Gasteiger partial charge in [-0.3, -0.25) is 4.99 Å². The van der Waals surface area contributed by atoms with Gasteiger partial charge in [0.15, 0.2) is 5.96 Å². The average molecular weight is 314 g/mol. The summed E-state index contributed by atoms with van der Waals surface area (Å²) < 4.78 is 0. The minimum absolute atomic E-state index is 0.537. The summed E-state index contributed by atoms with van der Waals surface area (Å²) in [4.78, 5) is 7.04. The highest BCUT2D eigenvalue weighted by Gasteiger charge is 2.15. The zero-order chi connectivity index (χ0) is 16.1. The van der Waals surface area contributed by atoms with Gasteiger partial charge in [-0.2, -0.15) is 0 Å². The molecule has 1 unspecified atom stereocenters. The topological polar surface area (TPSA) is 53.6 Å². The number of fused-ring (bicyclic) bond motifs is 1. The van der Waals surface area contributed by atoms with E-state index in [9.17, 15) is 0 Å². The summed E-state index contributed by atoms with van der Waals surface area (Å²) in [5.74, 6) is 1.38. The van der Waals surface area contributed by atoms with E-state index in [0.29, 0.717) is 5.96 Å². The number of nitrogens with two attached hydrogens (primary N) is 1. The molecule has 126 valence electrons. The van der Waals surface area contributed by atoms with Crippen LogP contribution in [-0.2, 0) is 12.8 Å². The zero-order valence-electron chi connectivity index (χ0n) is 14.4. The fraction of sp³-hybridized carbons (Fsp3) is 0.632. The average Bonchev–Trinajstić information content (AvgIpc) is 2.99. The maximum atomic E-state index is 6.02. The number of piperidine rings is 1. The monoisotopic (exact) mass is 314 g/mol. The van der Waals surface area contributed by atoms with Crippen LogP contribution in [0.1, 0.15) is 43.7 Å². The molecule has 3 rings (SSSR count). The molecular weight excluding hydrogens is 284 g/mol.